The third-order valence-electron chi connectivity index (χ3n) is 4.17. The zero-order chi connectivity index (χ0) is 17.1. The van der Waals surface area contributed by atoms with Crippen LogP contribution in [0.3, 0.4) is 0 Å². The fourth-order valence-electron chi connectivity index (χ4n) is 2.90. The number of nitrogens with zero attached hydrogens (tertiary/aromatic N) is 4. The van der Waals surface area contributed by atoms with Crippen LogP contribution >= 0.6 is 11.3 Å². The molecule has 25 heavy (non-hydrogen) atoms. The van der Waals surface area contributed by atoms with Gasteiger partial charge in [-0.05, 0) is 19.3 Å². The maximum absolute atomic E-state index is 12.3. The number of carbonyl (C=O) groups is 1. The van der Waals surface area contributed by atoms with Gasteiger partial charge < -0.3 is 9.84 Å². The number of nitrogens with one attached hydrogen (secondary N) is 1. The molecule has 0 aromatic carbocycles. The Morgan fingerprint density at radius 2 is 2.20 bits per heavy atom. The fourth-order valence-corrected chi connectivity index (χ4v) is 3.71. The Hall–Kier alpha value is -2.61. The molecule has 0 aliphatic heterocycles. The average molecular weight is 355 g/mol. The summed E-state index contributed by atoms with van der Waals surface area (Å²) in [5, 5.41) is 9.67. The van der Waals surface area contributed by atoms with Crippen LogP contribution in [0.25, 0.3) is 10.7 Å². The fraction of sp³-hybridized carbons (Fsp3) is 0.353. The lowest BCUT2D eigenvalue weighted by molar-refractivity contribution is 0.0944. The van der Waals surface area contributed by atoms with E-state index in [1.54, 1.807) is 18.6 Å². The molecular formula is C17H17N5O2S. The van der Waals surface area contributed by atoms with Gasteiger partial charge in [0.15, 0.2) is 5.69 Å². The summed E-state index contributed by atoms with van der Waals surface area (Å²) in [4.78, 5) is 25.2. The van der Waals surface area contributed by atoms with Crippen LogP contribution in [0.4, 0.5) is 0 Å². The SMILES string of the molecule is O=C(NCCc1csc(-c2cnccn2)n1)c1noc2c1CCCC2. The Bertz CT molecular complexity index is 874. The number of hydrogen-bond acceptors (Lipinski definition) is 7. The highest BCUT2D eigenvalue weighted by Gasteiger charge is 2.23. The van der Waals surface area contributed by atoms with Gasteiger partial charge in [0.25, 0.3) is 5.91 Å². The number of aryl methyl sites for hydroxylation is 1. The Morgan fingerprint density at radius 3 is 3.08 bits per heavy atom. The Labute approximate surface area is 148 Å². The Kier molecular flexibility index (Phi) is 4.51. The number of carbonyl (C=O) groups excluding carboxylic acids is 1. The highest BCUT2D eigenvalue weighted by molar-refractivity contribution is 7.13. The van der Waals surface area contributed by atoms with Gasteiger partial charge in [-0.2, -0.15) is 0 Å². The van der Waals surface area contributed by atoms with Crippen LogP contribution in [-0.2, 0) is 19.3 Å². The number of aromatic nitrogens is 4. The van der Waals surface area contributed by atoms with Crippen LogP contribution in [-0.4, -0.2) is 32.6 Å². The number of hydrogen-bond donors (Lipinski definition) is 1. The van der Waals surface area contributed by atoms with Crippen molar-refractivity contribution in [2.24, 2.45) is 0 Å². The largest absolute Gasteiger partial charge is 0.360 e. The smallest absolute Gasteiger partial charge is 0.273 e. The summed E-state index contributed by atoms with van der Waals surface area (Å²) in [5.74, 6) is 0.695. The lowest BCUT2D eigenvalue weighted by atomic mass is 9.96. The average Bonchev–Trinajstić information content (AvgIpc) is 3.29. The number of thiazole rings is 1. The number of rotatable bonds is 5. The first-order valence-corrected chi connectivity index (χ1v) is 9.15. The molecule has 0 atom stereocenters. The second-order valence-corrected chi connectivity index (χ2v) is 6.74. The topological polar surface area (TPSA) is 93.8 Å². The van der Waals surface area contributed by atoms with Crippen molar-refractivity contribution in [3.05, 3.63) is 46.7 Å². The molecule has 3 aromatic rings. The summed E-state index contributed by atoms with van der Waals surface area (Å²) < 4.78 is 5.29. The van der Waals surface area contributed by atoms with Gasteiger partial charge in [0.1, 0.15) is 16.5 Å². The first kappa shape index (κ1) is 15.9. The normalized spacial score (nSPS) is 13.4. The van der Waals surface area contributed by atoms with Crippen molar-refractivity contribution in [1.82, 2.24) is 25.4 Å². The highest BCUT2D eigenvalue weighted by Crippen LogP contribution is 2.24. The van der Waals surface area contributed by atoms with Crippen molar-refractivity contribution in [2.45, 2.75) is 32.1 Å². The quantitative estimate of drug-likeness (QED) is 0.755. The van der Waals surface area contributed by atoms with Crippen molar-refractivity contribution in [3.63, 3.8) is 0 Å². The standard InChI is InChI=1S/C17H17N5O2S/c23-16(15-12-3-1-2-4-14(12)24-22-15)20-6-5-11-10-25-17(21-11)13-9-18-7-8-19-13/h7-10H,1-6H2,(H,20,23). The molecule has 128 valence electrons. The van der Waals surface area contributed by atoms with Crippen LogP contribution in [0.1, 0.15) is 40.3 Å². The van der Waals surface area contributed by atoms with Crippen LogP contribution in [0.5, 0.6) is 0 Å². The van der Waals surface area contributed by atoms with E-state index in [0.29, 0.717) is 18.7 Å². The minimum absolute atomic E-state index is 0.170. The second-order valence-electron chi connectivity index (χ2n) is 5.88. The molecule has 1 aliphatic carbocycles. The predicted octanol–water partition coefficient (Wildman–Crippen LogP) is 2.44. The van der Waals surface area contributed by atoms with E-state index in [-0.39, 0.29) is 5.91 Å². The van der Waals surface area contributed by atoms with Gasteiger partial charge >= 0.3 is 0 Å². The summed E-state index contributed by atoms with van der Waals surface area (Å²) in [6.07, 6.45) is 9.56. The van der Waals surface area contributed by atoms with Gasteiger partial charge in [0.05, 0.1) is 11.9 Å². The second kappa shape index (κ2) is 7.10. The third kappa shape index (κ3) is 3.43. The zero-order valence-electron chi connectivity index (χ0n) is 13.6. The summed E-state index contributed by atoms with van der Waals surface area (Å²) in [6.45, 7) is 0.504. The summed E-state index contributed by atoms with van der Waals surface area (Å²) >= 11 is 1.52. The molecular weight excluding hydrogens is 338 g/mol. The van der Waals surface area contributed by atoms with E-state index in [4.69, 9.17) is 4.52 Å². The predicted molar refractivity (Wildman–Crippen MR) is 92.3 cm³/mol. The number of fused-ring (bicyclic) bond motifs is 1. The van der Waals surface area contributed by atoms with Crippen LogP contribution in [0.15, 0.2) is 28.5 Å². The molecule has 0 spiro atoms. The molecule has 0 fully saturated rings. The van der Waals surface area contributed by atoms with E-state index in [9.17, 15) is 4.79 Å². The van der Waals surface area contributed by atoms with Gasteiger partial charge in [-0.25, -0.2) is 4.98 Å². The molecule has 3 aromatic heterocycles. The van der Waals surface area contributed by atoms with Gasteiger partial charge in [0.2, 0.25) is 0 Å². The Balaban J connectivity index is 1.34. The third-order valence-corrected chi connectivity index (χ3v) is 5.08. The first-order valence-electron chi connectivity index (χ1n) is 8.27. The monoisotopic (exact) mass is 355 g/mol. The van der Waals surface area contributed by atoms with Gasteiger partial charge in [-0.3, -0.25) is 14.8 Å². The van der Waals surface area contributed by atoms with Gasteiger partial charge in [-0.1, -0.05) is 5.16 Å². The van der Waals surface area contributed by atoms with E-state index in [1.165, 1.54) is 11.3 Å². The van der Waals surface area contributed by atoms with Crippen LogP contribution < -0.4 is 5.32 Å². The van der Waals surface area contributed by atoms with E-state index >= 15 is 0 Å². The summed E-state index contributed by atoms with van der Waals surface area (Å²) in [7, 11) is 0. The maximum atomic E-state index is 12.3. The van der Waals surface area contributed by atoms with Gasteiger partial charge in [-0.15, -0.1) is 11.3 Å². The van der Waals surface area contributed by atoms with Crippen molar-refractivity contribution in [1.29, 1.82) is 0 Å². The van der Waals surface area contributed by atoms with Crippen molar-refractivity contribution in [2.75, 3.05) is 6.54 Å². The molecule has 1 N–H and O–H groups in total. The summed E-state index contributed by atoms with van der Waals surface area (Å²) in [5.41, 5.74) is 3.10. The molecule has 3 heterocycles. The molecule has 7 nitrogen and oxygen atoms in total. The van der Waals surface area contributed by atoms with E-state index in [2.05, 4.69) is 25.4 Å². The molecule has 0 radical (unpaired) electrons. The highest BCUT2D eigenvalue weighted by atomic mass is 32.1. The van der Waals surface area contributed by atoms with E-state index in [0.717, 1.165) is 53.4 Å². The van der Waals surface area contributed by atoms with E-state index in [1.807, 2.05) is 5.38 Å². The number of amides is 1. The van der Waals surface area contributed by atoms with Crippen LogP contribution in [0, 0.1) is 0 Å². The lowest BCUT2D eigenvalue weighted by Crippen LogP contribution is -2.27. The zero-order valence-corrected chi connectivity index (χ0v) is 14.4. The first-order chi connectivity index (χ1) is 12.3. The Morgan fingerprint density at radius 1 is 1.28 bits per heavy atom. The molecule has 0 bridgehead atoms. The molecule has 1 aliphatic rings. The van der Waals surface area contributed by atoms with Crippen LogP contribution in [0.2, 0.25) is 0 Å². The maximum Gasteiger partial charge on any atom is 0.273 e. The molecule has 8 heteroatoms. The van der Waals surface area contributed by atoms with E-state index < -0.39 is 0 Å². The minimum atomic E-state index is -0.170. The van der Waals surface area contributed by atoms with Crippen molar-refractivity contribution < 1.29 is 9.32 Å². The summed E-state index contributed by atoms with van der Waals surface area (Å²) in [6, 6.07) is 0. The molecule has 0 unspecified atom stereocenters. The van der Waals surface area contributed by atoms with Crippen molar-refractivity contribution in [3.8, 4) is 10.7 Å². The van der Waals surface area contributed by atoms with Crippen molar-refractivity contribution >= 4 is 17.2 Å². The molecule has 0 saturated carbocycles. The molecule has 4 rings (SSSR count). The minimum Gasteiger partial charge on any atom is -0.360 e. The molecule has 0 saturated heterocycles. The lowest BCUT2D eigenvalue weighted by Gasteiger charge is -2.09. The van der Waals surface area contributed by atoms with Gasteiger partial charge in [0, 0.05) is 42.7 Å². The molecule has 1 amide bonds.